The van der Waals surface area contributed by atoms with E-state index in [4.69, 9.17) is 11.6 Å². The summed E-state index contributed by atoms with van der Waals surface area (Å²) < 4.78 is 28.2. The summed E-state index contributed by atoms with van der Waals surface area (Å²) in [6.07, 6.45) is 4.21. The van der Waals surface area contributed by atoms with Gasteiger partial charge in [0.2, 0.25) is 10.0 Å². The van der Waals surface area contributed by atoms with Crippen molar-refractivity contribution in [3.63, 3.8) is 0 Å². The third-order valence-electron chi connectivity index (χ3n) is 2.54. The molecule has 1 aromatic carbocycles. The zero-order chi connectivity index (χ0) is 13.7. The fourth-order valence-electron chi connectivity index (χ4n) is 1.58. The van der Waals surface area contributed by atoms with Crippen molar-refractivity contribution in [2.24, 2.45) is 0 Å². The van der Waals surface area contributed by atoms with Crippen LogP contribution in [0.15, 0.2) is 47.6 Å². The van der Waals surface area contributed by atoms with Crippen molar-refractivity contribution in [3.8, 4) is 0 Å². The Labute approximate surface area is 117 Å². The molecule has 0 amide bonds. The molecule has 0 bridgehead atoms. The van der Waals surface area contributed by atoms with E-state index in [1.54, 1.807) is 23.0 Å². The molecule has 1 heterocycles. The van der Waals surface area contributed by atoms with Crippen molar-refractivity contribution in [3.05, 3.63) is 47.7 Å². The summed E-state index contributed by atoms with van der Waals surface area (Å²) in [5.74, 6) is 0. The first-order chi connectivity index (χ1) is 9.08. The first kappa shape index (κ1) is 14.0. The maximum Gasteiger partial charge on any atom is 0.240 e. The predicted octanol–water partition coefficient (Wildman–Crippen LogP) is 1.91. The molecule has 0 aliphatic carbocycles. The van der Waals surface area contributed by atoms with E-state index in [1.807, 2.05) is 12.3 Å². The number of nitrogens with one attached hydrogen (secondary N) is 1. The van der Waals surface area contributed by atoms with E-state index in [0.29, 0.717) is 24.5 Å². The Balaban J connectivity index is 1.86. The molecule has 0 aliphatic rings. The third-order valence-corrected chi connectivity index (χ3v) is 4.27. The lowest BCUT2D eigenvalue weighted by molar-refractivity contribution is 0.553. The summed E-state index contributed by atoms with van der Waals surface area (Å²) in [4.78, 5) is 0.219. The summed E-state index contributed by atoms with van der Waals surface area (Å²) in [7, 11) is -3.46. The first-order valence-corrected chi connectivity index (χ1v) is 7.67. The quantitative estimate of drug-likeness (QED) is 0.829. The average Bonchev–Trinajstić information content (AvgIpc) is 2.88. The molecule has 0 aliphatic heterocycles. The van der Waals surface area contributed by atoms with Crippen LogP contribution in [0.1, 0.15) is 6.42 Å². The van der Waals surface area contributed by atoms with Crippen molar-refractivity contribution in [2.75, 3.05) is 6.54 Å². The molecule has 0 fully saturated rings. The van der Waals surface area contributed by atoms with Crippen LogP contribution in [0.25, 0.3) is 0 Å². The summed E-state index contributed by atoms with van der Waals surface area (Å²) >= 11 is 5.72. The monoisotopic (exact) mass is 299 g/mol. The Morgan fingerprint density at radius 3 is 2.63 bits per heavy atom. The molecule has 2 rings (SSSR count). The number of benzene rings is 1. The molecule has 1 aromatic heterocycles. The Kier molecular flexibility index (Phi) is 4.57. The van der Waals surface area contributed by atoms with Crippen LogP contribution in [0, 0.1) is 0 Å². The SMILES string of the molecule is O=S(=O)(NCCCn1cccn1)c1ccc(Cl)cc1. The van der Waals surface area contributed by atoms with Gasteiger partial charge in [0, 0.05) is 30.5 Å². The van der Waals surface area contributed by atoms with Gasteiger partial charge in [-0.25, -0.2) is 13.1 Å². The normalized spacial score (nSPS) is 11.6. The second-order valence-electron chi connectivity index (χ2n) is 3.97. The van der Waals surface area contributed by atoms with Gasteiger partial charge in [0.15, 0.2) is 0 Å². The zero-order valence-electron chi connectivity index (χ0n) is 10.2. The molecule has 19 heavy (non-hydrogen) atoms. The van der Waals surface area contributed by atoms with Gasteiger partial charge in [-0.1, -0.05) is 11.6 Å². The van der Waals surface area contributed by atoms with Gasteiger partial charge in [-0.15, -0.1) is 0 Å². The smallest absolute Gasteiger partial charge is 0.240 e. The second kappa shape index (κ2) is 6.18. The molecular formula is C12H14ClN3O2S. The molecule has 0 spiro atoms. The van der Waals surface area contributed by atoms with Crippen LogP contribution in [0.2, 0.25) is 5.02 Å². The number of halogens is 1. The van der Waals surface area contributed by atoms with Crippen LogP contribution in [0.4, 0.5) is 0 Å². The summed E-state index contributed by atoms with van der Waals surface area (Å²) in [5.41, 5.74) is 0. The number of aryl methyl sites for hydroxylation is 1. The highest BCUT2D eigenvalue weighted by molar-refractivity contribution is 7.89. The molecule has 0 unspecified atom stereocenters. The number of hydrogen-bond acceptors (Lipinski definition) is 3. The molecule has 2 aromatic rings. The fourth-order valence-corrected chi connectivity index (χ4v) is 2.78. The van der Waals surface area contributed by atoms with Gasteiger partial charge < -0.3 is 0 Å². The van der Waals surface area contributed by atoms with Crippen LogP contribution in [0.3, 0.4) is 0 Å². The fraction of sp³-hybridized carbons (Fsp3) is 0.250. The number of sulfonamides is 1. The summed E-state index contributed by atoms with van der Waals surface area (Å²) in [6.45, 7) is 1.04. The summed E-state index contributed by atoms with van der Waals surface area (Å²) in [5, 5.41) is 4.55. The third kappa shape index (κ3) is 4.05. The van der Waals surface area contributed by atoms with Gasteiger partial charge in [0.05, 0.1) is 4.90 Å². The molecule has 1 N–H and O–H groups in total. The molecule has 0 atom stereocenters. The minimum atomic E-state index is -3.46. The van der Waals surface area contributed by atoms with Crippen LogP contribution in [-0.2, 0) is 16.6 Å². The highest BCUT2D eigenvalue weighted by Gasteiger charge is 2.12. The standard InChI is InChI=1S/C12H14ClN3O2S/c13-11-3-5-12(6-4-11)19(17,18)15-8-2-10-16-9-1-7-14-16/h1,3-7,9,15H,2,8,10H2. The Bertz CT molecular complexity index is 609. The van der Waals surface area contributed by atoms with Gasteiger partial charge >= 0.3 is 0 Å². The highest BCUT2D eigenvalue weighted by Crippen LogP contribution is 2.13. The first-order valence-electron chi connectivity index (χ1n) is 5.80. The van der Waals surface area contributed by atoms with Crippen molar-refractivity contribution < 1.29 is 8.42 Å². The number of rotatable bonds is 6. The van der Waals surface area contributed by atoms with E-state index >= 15 is 0 Å². The minimum Gasteiger partial charge on any atom is -0.273 e. The van der Waals surface area contributed by atoms with Crippen LogP contribution in [0.5, 0.6) is 0 Å². The van der Waals surface area contributed by atoms with E-state index in [2.05, 4.69) is 9.82 Å². The molecule has 0 saturated carbocycles. The van der Waals surface area contributed by atoms with E-state index in [9.17, 15) is 8.42 Å². The lowest BCUT2D eigenvalue weighted by atomic mass is 10.4. The van der Waals surface area contributed by atoms with Crippen LogP contribution in [-0.4, -0.2) is 24.7 Å². The lowest BCUT2D eigenvalue weighted by Crippen LogP contribution is -2.25. The minimum absolute atomic E-state index is 0.219. The van der Waals surface area contributed by atoms with E-state index in [0.717, 1.165) is 0 Å². The van der Waals surface area contributed by atoms with Gasteiger partial charge in [-0.05, 0) is 36.8 Å². The van der Waals surface area contributed by atoms with Crippen molar-refractivity contribution >= 4 is 21.6 Å². The van der Waals surface area contributed by atoms with Crippen LogP contribution < -0.4 is 4.72 Å². The topological polar surface area (TPSA) is 64.0 Å². The van der Waals surface area contributed by atoms with E-state index in [-0.39, 0.29) is 4.90 Å². The van der Waals surface area contributed by atoms with Crippen molar-refractivity contribution in [1.82, 2.24) is 14.5 Å². The summed E-state index contributed by atoms with van der Waals surface area (Å²) in [6, 6.07) is 7.91. The predicted molar refractivity (Wildman–Crippen MR) is 73.5 cm³/mol. The maximum atomic E-state index is 11.9. The largest absolute Gasteiger partial charge is 0.273 e. The Morgan fingerprint density at radius 2 is 2.00 bits per heavy atom. The maximum absolute atomic E-state index is 11.9. The Morgan fingerprint density at radius 1 is 1.26 bits per heavy atom. The van der Waals surface area contributed by atoms with Crippen LogP contribution >= 0.6 is 11.6 Å². The molecule has 5 nitrogen and oxygen atoms in total. The number of hydrogen-bond donors (Lipinski definition) is 1. The van der Waals surface area contributed by atoms with Crippen molar-refractivity contribution in [1.29, 1.82) is 0 Å². The van der Waals surface area contributed by atoms with Gasteiger partial charge in [-0.3, -0.25) is 4.68 Å². The van der Waals surface area contributed by atoms with E-state index in [1.165, 1.54) is 12.1 Å². The molecule has 0 saturated heterocycles. The molecule has 102 valence electrons. The molecular weight excluding hydrogens is 286 g/mol. The van der Waals surface area contributed by atoms with Crippen molar-refractivity contribution in [2.45, 2.75) is 17.9 Å². The number of aromatic nitrogens is 2. The Hall–Kier alpha value is -1.37. The van der Waals surface area contributed by atoms with Gasteiger partial charge in [0.25, 0.3) is 0 Å². The molecule has 7 heteroatoms. The zero-order valence-corrected chi connectivity index (χ0v) is 11.7. The van der Waals surface area contributed by atoms with Gasteiger partial charge in [-0.2, -0.15) is 5.10 Å². The van der Waals surface area contributed by atoms with Gasteiger partial charge in [0.1, 0.15) is 0 Å². The lowest BCUT2D eigenvalue weighted by Gasteiger charge is -2.07. The average molecular weight is 300 g/mol. The second-order valence-corrected chi connectivity index (χ2v) is 6.18. The number of nitrogens with zero attached hydrogens (tertiary/aromatic N) is 2. The van der Waals surface area contributed by atoms with E-state index < -0.39 is 10.0 Å². The highest BCUT2D eigenvalue weighted by atomic mass is 35.5. The molecule has 0 radical (unpaired) electrons.